The number of aromatic nitrogens is 1. The minimum absolute atomic E-state index is 0.0164. The van der Waals surface area contributed by atoms with Crippen LogP contribution in [0.1, 0.15) is 22.9 Å². The van der Waals surface area contributed by atoms with Crippen molar-refractivity contribution in [3.05, 3.63) is 40.9 Å². The summed E-state index contributed by atoms with van der Waals surface area (Å²) in [6.45, 7) is 0. The third kappa shape index (κ3) is 2.37. The standard InChI is InChI=1S/C13H11F3N2S/c14-13(15,16)8-2-4-11-10(6-8)18-12(19-11)7-1-3-9(17)5-7/h1-4,6-7,9H,5,17H2. The lowest BCUT2D eigenvalue weighted by molar-refractivity contribution is -0.137. The molecule has 0 saturated carbocycles. The van der Waals surface area contributed by atoms with Crippen molar-refractivity contribution < 1.29 is 13.2 Å². The number of allylic oxidation sites excluding steroid dienone is 1. The summed E-state index contributed by atoms with van der Waals surface area (Å²) in [5, 5.41) is 0.832. The first-order chi connectivity index (χ1) is 8.93. The normalized spacial score (nSPS) is 23.4. The van der Waals surface area contributed by atoms with Gasteiger partial charge in [-0.05, 0) is 24.6 Å². The van der Waals surface area contributed by atoms with Crippen LogP contribution in [0.2, 0.25) is 0 Å². The molecule has 1 aliphatic carbocycles. The number of hydrogen-bond donors (Lipinski definition) is 1. The van der Waals surface area contributed by atoms with Gasteiger partial charge in [0.2, 0.25) is 0 Å². The van der Waals surface area contributed by atoms with Gasteiger partial charge < -0.3 is 5.73 Å². The van der Waals surface area contributed by atoms with E-state index in [1.54, 1.807) is 0 Å². The summed E-state index contributed by atoms with van der Waals surface area (Å²) in [6, 6.07) is 3.70. The van der Waals surface area contributed by atoms with Crippen molar-refractivity contribution in [2.45, 2.75) is 24.6 Å². The van der Waals surface area contributed by atoms with Crippen LogP contribution in [0.15, 0.2) is 30.4 Å². The molecule has 1 aromatic heterocycles. The topological polar surface area (TPSA) is 38.9 Å². The van der Waals surface area contributed by atoms with E-state index < -0.39 is 11.7 Å². The molecule has 0 fully saturated rings. The number of nitrogens with two attached hydrogens (primary N) is 1. The summed E-state index contributed by atoms with van der Waals surface area (Å²) in [5.41, 5.74) is 5.53. The molecular formula is C13H11F3N2S. The highest BCUT2D eigenvalue weighted by molar-refractivity contribution is 7.18. The van der Waals surface area contributed by atoms with Gasteiger partial charge >= 0.3 is 6.18 Å². The average molecular weight is 284 g/mol. The van der Waals surface area contributed by atoms with E-state index in [0.29, 0.717) is 5.52 Å². The number of alkyl halides is 3. The van der Waals surface area contributed by atoms with Crippen molar-refractivity contribution >= 4 is 21.6 Å². The minimum atomic E-state index is -4.33. The third-order valence-electron chi connectivity index (χ3n) is 3.17. The molecule has 2 N–H and O–H groups in total. The van der Waals surface area contributed by atoms with Gasteiger partial charge in [-0.15, -0.1) is 11.3 Å². The Morgan fingerprint density at radius 1 is 1.26 bits per heavy atom. The number of benzene rings is 1. The Hall–Kier alpha value is -1.40. The third-order valence-corrected chi connectivity index (χ3v) is 4.33. The molecule has 2 aromatic rings. The lowest BCUT2D eigenvalue weighted by Gasteiger charge is -2.05. The molecule has 3 rings (SSSR count). The Labute approximate surface area is 111 Å². The summed E-state index contributed by atoms with van der Waals surface area (Å²) < 4.78 is 38.6. The molecule has 0 aliphatic heterocycles. The fourth-order valence-electron chi connectivity index (χ4n) is 2.19. The molecule has 2 atom stereocenters. The van der Waals surface area contributed by atoms with Crippen LogP contribution in [-0.2, 0) is 6.18 Å². The minimum Gasteiger partial charge on any atom is -0.324 e. The van der Waals surface area contributed by atoms with Crippen molar-refractivity contribution in [3.63, 3.8) is 0 Å². The van der Waals surface area contributed by atoms with Crippen LogP contribution in [0.3, 0.4) is 0 Å². The zero-order valence-corrected chi connectivity index (χ0v) is 10.6. The summed E-state index contributed by atoms with van der Waals surface area (Å²) in [4.78, 5) is 4.32. The van der Waals surface area contributed by atoms with E-state index in [9.17, 15) is 13.2 Å². The van der Waals surface area contributed by atoms with Crippen molar-refractivity contribution in [3.8, 4) is 0 Å². The van der Waals surface area contributed by atoms with Crippen LogP contribution >= 0.6 is 11.3 Å². The molecule has 2 unspecified atom stereocenters. The molecule has 0 saturated heterocycles. The van der Waals surface area contributed by atoms with Gasteiger partial charge in [-0.3, -0.25) is 0 Å². The van der Waals surface area contributed by atoms with E-state index in [1.807, 2.05) is 12.2 Å². The Morgan fingerprint density at radius 3 is 2.68 bits per heavy atom. The van der Waals surface area contributed by atoms with Crippen molar-refractivity contribution in [1.82, 2.24) is 4.98 Å². The summed E-state index contributed by atoms with van der Waals surface area (Å²) in [7, 11) is 0. The highest BCUT2D eigenvalue weighted by Crippen LogP contribution is 2.36. The lowest BCUT2D eigenvalue weighted by atomic mass is 10.1. The predicted octanol–water partition coefficient (Wildman–Crippen LogP) is 3.69. The van der Waals surface area contributed by atoms with Gasteiger partial charge in [0.05, 0.1) is 15.8 Å². The number of thiazole rings is 1. The molecule has 2 nitrogen and oxygen atoms in total. The van der Waals surface area contributed by atoms with Crippen molar-refractivity contribution in [1.29, 1.82) is 0 Å². The molecular weight excluding hydrogens is 273 g/mol. The molecule has 0 amide bonds. The van der Waals surface area contributed by atoms with E-state index in [4.69, 9.17) is 5.73 Å². The molecule has 0 bridgehead atoms. The number of nitrogens with zero attached hydrogens (tertiary/aromatic N) is 1. The SMILES string of the molecule is NC1C=CC(c2nc3cc(C(F)(F)F)ccc3s2)C1. The maximum absolute atomic E-state index is 12.6. The molecule has 1 aliphatic rings. The van der Waals surface area contributed by atoms with Gasteiger partial charge in [0.25, 0.3) is 0 Å². The molecule has 0 radical (unpaired) electrons. The Kier molecular flexibility index (Phi) is 2.87. The van der Waals surface area contributed by atoms with E-state index in [-0.39, 0.29) is 12.0 Å². The maximum Gasteiger partial charge on any atom is 0.416 e. The van der Waals surface area contributed by atoms with E-state index in [2.05, 4.69) is 4.98 Å². The van der Waals surface area contributed by atoms with E-state index in [0.717, 1.165) is 28.3 Å². The summed E-state index contributed by atoms with van der Waals surface area (Å²) in [6.07, 6.45) is 0.338. The van der Waals surface area contributed by atoms with Crippen LogP contribution in [-0.4, -0.2) is 11.0 Å². The van der Waals surface area contributed by atoms with Gasteiger partial charge in [0.15, 0.2) is 0 Å². The maximum atomic E-state index is 12.6. The van der Waals surface area contributed by atoms with Gasteiger partial charge in [-0.1, -0.05) is 12.2 Å². The second-order valence-corrected chi connectivity index (χ2v) is 5.69. The molecule has 1 heterocycles. The van der Waals surface area contributed by atoms with Crippen LogP contribution in [0, 0.1) is 0 Å². The highest BCUT2D eigenvalue weighted by atomic mass is 32.1. The molecule has 0 spiro atoms. The molecule has 19 heavy (non-hydrogen) atoms. The average Bonchev–Trinajstić information content (AvgIpc) is 2.92. The summed E-state index contributed by atoms with van der Waals surface area (Å²) in [5.74, 6) is 0.127. The molecule has 100 valence electrons. The van der Waals surface area contributed by atoms with Crippen molar-refractivity contribution in [2.24, 2.45) is 5.73 Å². The molecule has 6 heteroatoms. The number of rotatable bonds is 1. The number of halogens is 3. The first kappa shape index (κ1) is 12.6. The quantitative estimate of drug-likeness (QED) is 0.811. The van der Waals surface area contributed by atoms with Crippen LogP contribution < -0.4 is 5.73 Å². The zero-order valence-electron chi connectivity index (χ0n) is 9.82. The molecule has 1 aromatic carbocycles. The van der Waals surface area contributed by atoms with Gasteiger partial charge in [0.1, 0.15) is 5.01 Å². The van der Waals surface area contributed by atoms with E-state index in [1.165, 1.54) is 17.4 Å². The fourth-order valence-corrected chi connectivity index (χ4v) is 3.23. The van der Waals surface area contributed by atoms with Crippen molar-refractivity contribution in [2.75, 3.05) is 0 Å². The largest absolute Gasteiger partial charge is 0.416 e. The van der Waals surface area contributed by atoms with Crippen LogP contribution in [0.25, 0.3) is 10.2 Å². The Morgan fingerprint density at radius 2 is 2.05 bits per heavy atom. The van der Waals surface area contributed by atoms with Gasteiger partial charge in [-0.25, -0.2) is 4.98 Å². The smallest absolute Gasteiger partial charge is 0.324 e. The second-order valence-electron chi connectivity index (χ2n) is 4.62. The van der Waals surface area contributed by atoms with Gasteiger partial charge in [0, 0.05) is 12.0 Å². The highest BCUT2D eigenvalue weighted by Gasteiger charge is 2.31. The van der Waals surface area contributed by atoms with Crippen LogP contribution in [0.4, 0.5) is 13.2 Å². The Balaban J connectivity index is 2.00. The first-order valence-electron chi connectivity index (χ1n) is 5.85. The number of hydrogen-bond acceptors (Lipinski definition) is 3. The van der Waals surface area contributed by atoms with E-state index >= 15 is 0 Å². The van der Waals surface area contributed by atoms with Gasteiger partial charge in [-0.2, -0.15) is 13.2 Å². The predicted molar refractivity (Wildman–Crippen MR) is 69.1 cm³/mol. The summed E-state index contributed by atoms with van der Waals surface area (Å²) >= 11 is 1.43. The zero-order chi connectivity index (χ0) is 13.6. The monoisotopic (exact) mass is 284 g/mol. The first-order valence-corrected chi connectivity index (χ1v) is 6.67. The lowest BCUT2D eigenvalue weighted by Crippen LogP contribution is -2.14. The number of fused-ring (bicyclic) bond motifs is 1. The second kappa shape index (κ2) is 4.31. The van der Waals surface area contributed by atoms with Crippen LogP contribution in [0.5, 0.6) is 0 Å². The Bertz CT molecular complexity index is 645. The fraction of sp³-hybridized carbons (Fsp3) is 0.308.